The van der Waals surface area contributed by atoms with Crippen LogP contribution >= 0.6 is 0 Å². The van der Waals surface area contributed by atoms with Crippen LogP contribution in [0, 0.1) is 6.92 Å². The summed E-state index contributed by atoms with van der Waals surface area (Å²) in [5, 5.41) is 5.27. The van der Waals surface area contributed by atoms with Gasteiger partial charge in [0.1, 0.15) is 0 Å². The number of carbonyl (C=O) groups is 4. The van der Waals surface area contributed by atoms with Gasteiger partial charge in [-0.2, -0.15) is 0 Å². The Hall–Kier alpha value is -4.46. The Labute approximate surface area is 190 Å². The summed E-state index contributed by atoms with van der Waals surface area (Å²) in [5.74, 6) is -2.18. The lowest BCUT2D eigenvalue weighted by molar-refractivity contribution is -0.119. The van der Waals surface area contributed by atoms with Crippen LogP contribution in [0.3, 0.4) is 0 Å². The summed E-state index contributed by atoms with van der Waals surface area (Å²) in [6.07, 6.45) is 0. The van der Waals surface area contributed by atoms with Crippen LogP contribution in [0.25, 0.3) is 0 Å². The number of ether oxygens (including phenoxy) is 2. The average molecular weight is 446 g/mol. The molecule has 3 aromatic carbocycles. The molecule has 0 aliphatic carbocycles. The topological polar surface area (TPSA) is 111 Å². The summed E-state index contributed by atoms with van der Waals surface area (Å²) in [6.45, 7) is 1.35. The van der Waals surface area contributed by atoms with Gasteiger partial charge in [-0.1, -0.05) is 29.8 Å². The normalized spacial score (nSPS) is 10.1. The van der Waals surface area contributed by atoms with Gasteiger partial charge in [0.2, 0.25) is 0 Å². The molecule has 0 radical (unpaired) electrons. The molecule has 168 valence electrons. The Morgan fingerprint density at radius 1 is 0.788 bits per heavy atom. The minimum absolute atomic E-state index is 0.119. The van der Waals surface area contributed by atoms with Gasteiger partial charge in [-0.15, -0.1) is 0 Å². The van der Waals surface area contributed by atoms with Gasteiger partial charge in [0.25, 0.3) is 11.8 Å². The second-order valence-electron chi connectivity index (χ2n) is 7.06. The van der Waals surface area contributed by atoms with Crippen LogP contribution < -0.4 is 10.6 Å². The molecule has 0 aliphatic rings. The summed E-state index contributed by atoms with van der Waals surface area (Å²) >= 11 is 0. The predicted molar refractivity (Wildman–Crippen MR) is 122 cm³/mol. The van der Waals surface area contributed by atoms with Crippen molar-refractivity contribution < 1.29 is 28.7 Å². The Morgan fingerprint density at radius 2 is 1.52 bits per heavy atom. The van der Waals surface area contributed by atoms with Crippen LogP contribution in [-0.4, -0.2) is 37.5 Å². The van der Waals surface area contributed by atoms with E-state index in [4.69, 9.17) is 4.74 Å². The first-order chi connectivity index (χ1) is 15.9. The fraction of sp³-hybridized carbons (Fsp3) is 0.120. The van der Waals surface area contributed by atoms with Crippen LogP contribution in [0.4, 0.5) is 11.4 Å². The van der Waals surface area contributed by atoms with E-state index in [1.54, 1.807) is 36.4 Å². The monoisotopic (exact) mass is 446 g/mol. The summed E-state index contributed by atoms with van der Waals surface area (Å²) in [4.78, 5) is 48.7. The second-order valence-corrected chi connectivity index (χ2v) is 7.06. The van der Waals surface area contributed by atoms with E-state index in [2.05, 4.69) is 15.4 Å². The predicted octanol–water partition coefficient (Wildman–Crippen LogP) is 3.83. The fourth-order valence-electron chi connectivity index (χ4n) is 2.96. The molecule has 3 aromatic rings. The highest BCUT2D eigenvalue weighted by molar-refractivity contribution is 6.08. The largest absolute Gasteiger partial charge is 0.465 e. The SMILES string of the molecule is COC(=O)c1ccc(NC(=O)COC(=O)c2ccccc2NC(=O)c2cccc(C)c2)cc1. The average Bonchev–Trinajstić information content (AvgIpc) is 2.83. The highest BCUT2D eigenvalue weighted by Crippen LogP contribution is 2.18. The van der Waals surface area contributed by atoms with Crippen molar-refractivity contribution in [2.75, 3.05) is 24.4 Å². The standard InChI is InChI=1S/C25H22N2O6/c1-16-6-5-7-18(14-16)23(29)27-21-9-4-3-8-20(21)25(31)33-15-22(28)26-19-12-10-17(11-13-19)24(30)32-2/h3-14H,15H2,1-2H3,(H,26,28)(H,27,29). The number of aryl methyl sites for hydroxylation is 1. The van der Waals surface area contributed by atoms with Crippen molar-refractivity contribution in [1.82, 2.24) is 0 Å². The zero-order chi connectivity index (χ0) is 23.8. The van der Waals surface area contributed by atoms with E-state index in [1.807, 2.05) is 13.0 Å². The molecule has 3 rings (SSSR count). The van der Waals surface area contributed by atoms with Crippen molar-refractivity contribution in [3.8, 4) is 0 Å². The van der Waals surface area contributed by atoms with E-state index < -0.39 is 24.5 Å². The van der Waals surface area contributed by atoms with Gasteiger partial charge in [-0.25, -0.2) is 9.59 Å². The van der Waals surface area contributed by atoms with Gasteiger partial charge in [-0.05, 0) is 55.5 Å². The van der Waals surface area contributed by atoms with Crippen LogP contribution in [0.5, 0.6) is 0 Å². The Morgan fingerprint density at radius 3 is 2.21 bits per heavy atom. The lowest BCUT2D eigenvalue weighted by atomic mass is 10.1. The van der Waals surface area contributed by atoms with E-state index in [9.17, 15) is 19.2 Å². The van der Waals surface area contributed by atoms with E-state index in [-0.39, 0.29) is 17.2 Å². The fourth-order valence-corrected chi connectivity index (χ4v) is 2.96. The van der Waals surface area contributed by atoms with Gasteiger partial charge >= 0.3 is 11.9 Å². The Balaban J connectivity index is 1.60. The molecule has 2 amide bonds. The summed E-state index contributed by atoms with van der Waals surface area (Å²) in [5.41, 5.74) is 2.54. The zero-order valence-corrected chi connectivity index (χ0v) is 18.1. The smallest absolute Gasteiger partial charge is 0.340 e. The maximum absolute atomic E-state index is 12.5. The lowest BCUT2D eigenvalue weighted by Gasteiger charge is -2.11. The van der Waals surface area contributed by atoms with Gasteiger partial charge < -0.3 is 20.1 Å². The number of para-hydroxylation sites is 1. The molecule has 2 N–H and O–H groups in total. The molecule has 0 heterocycles. The lowest BCUT2D eigenvalue weighted by Crippen LogP contribution is -2.22. The van der Waals surface area contributed by atoms with Crippen molar-refractivity contribution >= 4 is 35.1 Å². The number of hydrogen-bond donors (Lipinski definition) is 2. The molecule has 0 spiro atoms. The minimum Gasteiger partial charge on any atom is -0.465 e. The van der Waals surface area contributed by atoms with Crippen molar-refractivity contribution in [2.45, 2.75) is 6.92 Å². The number of nitrogens with one attached hydrogen (secondary N) is 2. The van der Waals surface area contributed by atoms with Crippen molar-refractivity contribution in [2.24, 2.45) is 0 Å². The van der Waals surface area contributed by atoms with Gasteiger partial charge in [0.15, 0.2) is 6.61 Å². The third-order valence-electron chi connectivity index (χ3n) is 4.60. The molecule has 0 unspecified atom stereocenters. The molecule has 0 aromatic heterocycles. The zero-order valence-electron chi connectivity index (χ0n) is 18.1. The van der Waals surface area contributed by atoms with Crippen molar-refractivity contribution in [3.05, 3.63) is 95.1 Å². The molecular formula is C25H22N2O6. The third-order valence-corrected chi connectivity index (χ3v) is 4.60. The number of amides is 2. The molecule has 0 bridgehead atoms. The van der Waals surface area contributed by atoms with E-state index >= 15 is 0 Å². The number of methoxy groups -OCH3 is 1. The molecule has 0 atom stereocenters. The first-order valence-corrected chi connectivity index (χ1v) is 10.00. The number of carbonyl (C=O) groups excluding carboxylic acids is 4. The molecule has 0 aliphatic heterocycles. The maximum Gasteiger partial charge on any atom is 0.340 e. The molecular weight excluding hydrogens is 424 g/mol. The summed E-state index contributed by atoms with van der Waals surface area (Å²) in [6, 6.07) is 19.5. The number of esters is 2. The number of benzene rings is 3. The molecule has 0 saturated carbocycles. The van der Waals surface area contributed by atoms with Crippen LogP contribution in [0.1, 0.15) is 36.6 Å². The second kappa shape index (κ2) is 10.7. The highest BCUT2D eigenvalue weighted by Gasteiger charge is 2.17. The summed E-state index contributed by atoms with van der Waals surface area (Å²) < 4.78 is 9.73. The maximum atomic E-state index is 12.5. The van der Waals surface area contributed by atoms with Gasteiger partial charge in [-0.3, -0.25) is 9.59 Å². The van der Waals surface area contributed by atoms with Gasteiger partial charge in [0.05, 0.1) is 23.9 Å². The first kappa shape index (κ1) is 23.2. The van der Waals surface area contributed by atoms with Crippen molar-refractivity contribution in [1.29, 1.82) is 0 Å². The van der Waals surface area contributed by atoms with Crippen LogP contribution in [0.2, 0.25) is 0 Å². The van der Waals surface area contributed by atoms with Crippen LogP contribution in [-0.2, 0) is 14.3 Å². The minimum atomic E-state index is -0.758. The third kappa shape index (κ3) is 6.27. The number of hydrogen-bond acceptors (Lipinski definition) is 6. The number of anilines is 2. The summed E-state index contributed by atoms with van der Waals surface area (Å²) in [7, 11) is 1.28. The molecule has 0 saturated heterocycles. The Bertz CT molecular complexity index is 1190. The van der Waals surface area contributed by atoms with E-state index in [0.29, 0.717) is 16.8 Å². The Kier molecular flexibility index (Phi) is 7.54. The van der Waals surface area contributed by atoms with Gasteiger partial charge in [0, 0.05) is 11.3 Å². The molecule has 0 fully saturated rings. The highest BCUT2D eigenvalue weighted by atomic mass is 16.5. The quantitative estimate of drug-likeness (QED) is 0.534. The number of rotatable bonds is 7. The van der Waals surface area contributed by atoms with E-state index in [0.717, 1.165) is 5.56 Å². The molecule has 8 heteroatoms. The first-order valence-electron chi connectivity index (χ1n) is 10.00. The van der Waals surface area contributed by atoms with Crippen LogP contribution in [0.15, 0.2) is 72.8 Å². The molecule has 8 nitrogen and oxygen atoms in total. The van der Waals surface area contributed by atoms with Crippen molar-refractivity contribution in [3.63, 3.8) is 0 Å². The van der Waals surface area contributed by atoms with E-state index in [1.165, 1.54) is 37.4 Å². The molecule has 33 heavy (non-hydrogen) atoms.